The molecule has 0 radical (unpaired) electrons. The third-order valence-corrected chi connectivity index (χ3v) is 3.55. The van der Waals surface area contributed by atoms with Crippen molar-refractivity contribution in [3.63, 3.8) is 0 Å². The van der Waals surface area contributed by atoms with Crippen molar-refractivity contribution in [2.24, 2.45) is 5.73 Å². The highest BCUT2D eigenvalue weighted by atomic mass is 32.1. The maximum atomic E-state index is 10.1. The lowest BCUT2D eigenvalue weighted by atomic mass is 9.98. The Morgan fingerprint density at radius 3 is 3.00 bits per heavy atom. The fraction of sp³-hybridized carbons (Fsp3) is 0.583. The van der Waals surface area contributed by atoms with Crippen LogP contribution in [0.4, 0.5) is 5.82 Å². The predicted octanol–water partition coefficient (Wildman–Crippen LogP) is 0.852. The number of nitrogens with zero attached hydrogens (tertiary/aromatic N) is 3. The number of aliphatic hydroxyl groups is 1. The third-order valence-electron chi connectivity index (χ3n) is 3.33. The molecule has 1 aliphatic heterocycles. The van der Waals surface area contributed by atoms with E-state index >= 15 is 0 Å². The first kappa shape index (κ1) is 13.2. The number of rotatable bonds is 2. The minimum atomic E-state index is -0.597. The monoisotopic (exact) mass is 266 g/mol. The smallest absolute Gasteiger partial charge is 0.161 e. The molecule has 0 aromatic carbocycles. The molecule has 6 heteroatoms. The van der Waals surface area contributed by atoms with Gasteiger partial charge in [0, 0.05) is 13.1 Å². The normalized spacial score (nSPS) is 24.7. The molecule has 5 nitrogen and oxygen atoms in total. The molecule has 1 aromatic heterocycles. The quantitative estimate of drug-likeness (QED) is 0.773. The first-order chi connectivity index (χ1) is 8.49. The van der Waals surface area contributed by atoms with E-state index in [1.54, 1.807) is 12.3 Å². The maximum Gasteiger partial charge on any atom is 0.161 e. The molecule has 0 saturated carbocycles. The van der Waals surface area contributed by atoms with Crippen LogP contribution >= 0.6 is 12.2 Å². The first-order valence-corrected chi connectivity index (χ1v) is 6.49. The minimum absolute atomic E-state index is 0.330. The van der Waals surface area contributed by atoms with E-state index in [0.29, 0.717) is 11.4 Å². The Labute approximate surface area is 112 Å². The lowest BCUT2D eigenvalue weighted by Gasteiger charge is -2.24. The van der Waals surface area contributed by atoms with E-state index in [0.717, 1.165) is 37.3 Å². The van der Waals surface area contributed by atoms with Gasteiger partial charge in [-0.15, -0.1) is 5.10 Å². The highest BCUT2D eigenvalue weighted by Crippen LogP contribution is 2.25. The Morgan fingerprint density at radius 1 is 1.50 bits per heavy atom. The van der Waals surface area contributed by atoms with Gasteiger partial charge < -0.3 is 15.7 Å². The Hall–Kier alpha value is -1.27. The molecule has 0 aliphatic carbocycles. The van der Waals surface area contributed by atoms with Gasteiger partial charge in [0.05, 0.1) is 17.4 Å². The van der Waals surface area contributed by atoms with Crippen molar-refractivity contribution in [3.8, 4) is 0 Å². The molecule has 0 amide bonds. The summed E-state index contributed by atoms with van der Waals surface area (Å²) in [7, 11) is 0. The van der Waals surface area contributed by atoms with Gasteiger partial charge in [0.2, 0.25) is 0 Å². The van der Waals surface area contributed by atoms with Gasteiger partial charge in [-0.05, 0) is 32.3 Å². The van der Waals surface area contributed by atoms with E-state index in [4.69, 9.17) is 18.0 Å². The van der Waals surface area contributed by atoms with Crippen LogP contribution in [0.15, 0.2) is 12.3 Å². The summed E-state index contributed by atoms with van der Waals surface area (Å²) in [6.07, 6.45) is 4.01. The molecule has 18 heavy (non-hydrogen) atoms. The van der Waals surface area contributed by atoms with E-state index in [1.807, 2.05) is 6.92 Å². The molecule has 1 aromatic rings. The van der Waals surface area contributed by atoms with Gasteiger partial charge in [-0.3, -0.25) is 0 Å². The molecule has 0 bridgehead atoms. The van der Waals surface area contributed by atoms with Crippen LogP contribution in [-0.2, 0) is 0 Å². The number of hydrogen-bond acceptors (Lipinski definition) is 5. The zero-order chi connectivity index (χ0) is 13.2. The topological polar surface area (TPSA) is 75.3 Å². The lowest BCUT2D eigenvalue weighted by molar-refractivity contribution is 0.0481. The Morgan fingerprint density at radius 2 is 2.28 bits per heavy atom. The van der Waals surface area contributed by atoms with Crippen molar-refractivity contribution in [1.29, 1.82) is 0 Å². The SMILES string of the molecule is CC1(O)CCCN(c2nnccc2C(N)=S)CC1. The standard InChI is InChI=1S/C12H18N4OS/c1-12(17)4-2-7-16(8-5-12)11-9(10(13)18)3-6-14-15-11/h3,6,17H,2,4-5,7-8H2,1H3,(H2,13,18). The number of nitrogens with two attached hydrogens (primary N) is 1. The largest absolute Gasteiger partial charge is 0.390 e. The molecule has 98 valence electrons. The molecule has 1 unspecified atom stereocenters. The first-order valence-electron chi connectivity index (χ1n) is 6.08. The molecule has 3 N–H and O–H groups in total. The van der Waals surface area contributed by atoms with Gasteiger partial charge in [0.25, 0.3) is 0 Å². The lowest BCUT2D eigenvalue weighted by Crippen LogP contribution is -2.30. The molecule has 1 atom stereocenters. The van der Waals surface area contributed by atoms with Gasteiger partial charge in [-0.25, -0.2) is 0 Å². The van der Waals surface area contributed by atoms with Crippen LogP contribution < -0.4 is 10.6 Å². The second-order valence-corrected chi connectivity index (χ2v) is 5.41. The molecule has 1 saturated heterocycles. The summed E-state index contributed by atoms with van der Waals surface area (Å²) in [6.45, 7) is 3.45. The number of thiocarbonyl (C=S) groups is 1. The van der Waals surface area contributed by atoms with Crippen LogP contribution in [-0.4, -0.2) is 39.0 Å². The molecule has 0 spiro atoms. The second kappa shape index (κ2) is 5.16. The van der Waals surface area contributed by atoms with Gasteiger partial charge in [-0.1, -0.05) is 12.2 Å². The predicted molar refractivity (Wildman–Crippen MR) is 74.6 cm³/mol. The second-order valence-electron chi connectivity index (χ2n) is 4.97. The zero-order valence-electron chi connectivity index (χ0n) is 10.5. The summed E-state index contributed by atoms with van der Waals surface area (Å²) in [6, 6.07) is 1.79. The molecular weight excluding hydrogens is 248 g/mol. The number of aromatic nitrogens is 2. The summed E-state index contributed by atoms with van der Waals surface area (Å²) in [5.41, 5.74) is 5.86. The summed E-state index contributed by atoms with van der Waals surface area (Å²) in [4.78, 5) is 2.43. The van der Waals surface area contributed by atoms with Crippen LogP contribution in [0.2, 0.25) is 0 Å². The van der Waals surface area contributed by atoms with Crippen LogP contribution in [0.1, 0.15) is 31.7 Å². The van der Waals surface area contributed by atoms with Crippen molar-refractivity contribution in [1.82, 2.24) is 10.2 Å². The van der Waals surface area contributed by atoms with E-state index < -0.39 is 5.60 Å². The van der Waals surface area contributed by atoms with Gasteiger partial charge in [-0.2, -0.15) is 5.10 Å². The van der Waals surface area contributed by atoms with E-state index in [-0.39, 0.29) is 0 Å². The van der Waals surface area contributed by atoms with Gasteiger partial charge in [0.1, 0.15) is 4.99 Å². The average molecular weight is 266 g/mol. The fourth-order valence-corrected chi connectivity index (χ4v) is 2.38. The highest BCUT2D eigenvalue weighted by molar-refractivity contribution is 7.80. The van der Waals surface area contributed by atoms with Crippen molar-refractivity contribution >= 4 is 23.0 Å². The molecular formula is C12H18N4OS. The molecule has 2 heterocycles. The number of anilines is 1. The molecule has 1 fully saturated rings. The van der Waals surface area contributed by atoms with E-state index in [9.17, 15) is 5.11 Å². The maximum absolute atomic E-state index is 10.1. The summed E-state index contributed by atoms with van der Waals surface area (Å²) >= 11 is 5.03. The molecule has 2 rings (SSSR count). The minimum Gasteiger partial charge on any atom is -0.390 e. The van der Waals surface area contributed by atoms with Crippen molar-refractivity contribution < 1.29 is 5.11 Å². The van der Waals surface area contributed by atoms with Crippen molar-refractivity contribution in [3.05, 3.63) is 17.8 Å². The summed E-state index contributed by atoms with van der Waals surface area (Å²) in [5, 5.41) is 18.1. The van der Waals surface area contributed by atoms with Gasteiger partial charge >= 0.3 is 0 Å². The Balaban J connectivity index is 2.24. The Bertz CT molecular complexity index is 449. The molecule has 1 aliphatic rings. The van der Waals surface area contributed by atoms with Crippen LogP contribution in [0, 0.1) is 0 Å². The third kappa shape index (κ3) is 2.94. The van der Waals surface area contributed by atoms with Crippen molar-refractivity contribution in [2.75, 3.05) is 18.0 Å². The average Bonchev–Trinajstić information content (AvgIpc) is 2.50. The highest BCUT2D eigenvalue weighted by Gasteiger charge is 2.26. The summed E-state index contributed by atoms with van der Waals surface area (Å²) < 4.78 is 0. The van der Waals surface area contributed by atoms with E-state index in [2.05, 4.69) is 15.1 Å². The van der Waals surface area contributed by atoms with Gasteiger partial charge in [0.15, 0.2) is 5.82 Å². The van der Waals surface area contributed by atoms with Crippen LogP contribution in [0.3, 0.4) is 0 Å². The van der Waals surface area contributed by atoms with Crippen LogP contribution in [0.5, 0.6) is 0 Å². The number of hydrogen-bond donors (Lipinski definition) is 2. The van der Waals surface area contributed by atoms with Crippen molar-refractivity contribution in [2.45, 2.75) is 31.8 Å². The fourth-order valence-electron chi connectivity index (χ4n) is 2.23. The summed E-state index contributed by atoms with van der Waals surface area (Å²) in [5.74, 6) is 0.725. The van der Waals surface area contributed by atoms with Crippen LogP contribution in [0.25, 0.3) is 0 Å². The zero-order valence-corrected chi connectivity index (χ0v) is 11.3. The Kier molecular flexibility index (Phi) is 3.77. The van der Waals surface area contributed by atoms with E-state index in [1.165, 1.54) is 0 Å².